The fraction of sp³-hybridized carbons (Fsp3) is 0.724. The summed E-state index contributed by atoms with van der Waals surface area (Å²) in [6, 6.07) is 45.7. The van der Waals surface area contributed by atoms with Crippen LogP contribution < -0.4 is 0 Å². The number of aryl methyl sites for hydroxylation is 6. The number of methoxy groups -OCH3 is 1. The van der Waals surface area contributed by atoms with Crippen molar-refractivity contribution < 1.29 is 11.0 Å². The number of hydrogen-bond acceptors (Lipinski definition) is 2. The van der Waals surface area contributed by atoms with Crippen molar-refractivity contribution in [2.24, 2.45) is 136 Å². The smallest absolute Gasteiger partial charge is 0.308 e. The summed E-state index contributed by atoms with van der Waals surface area (Å²) in [5.41, 5.74) is 15.8. The Morgan fingerprint density at radius 1 is 0.279 bits per heavy atom. The number of benzene rings is 5. The van der Waals surface area contributed by atoms with Gasteiger partial charge in [0.1, 0.15) is 0 Å². The summed E-state index contributed by atoms with van der Waals surface area (Å²) in [6.45, 7) is 41.7. The summed E-state index contributed by atoms with van der Waals surface area (Å²) < 4.78 is 4.69. The minimum absolute atomic E-state index is 0. The highest BCUT2D eigenvalue weighted by Crippen LogP contribution is 2.45. The molecule has 5 aromatic rings. The van der Waals surface area contributed by atoms with E-state index in [1.165, 1.54) is 347 Å². The van der Waals surface area contributed by atoms with Gasteiger partial charge in [0.2, 0.25) is 0 Å². The molecule has 13 aliphatic carbocycles. The van der Waals surface area contributed by atoms with Gasteiger partial charge >= 0.3 is 5.97 Å². The topological polar surface area (TPSA) is 26.3 Å². The van der Waals surface area contributed by atoms with Gasteiger partial charge in [-0.3, -0.25) is 4.79 Å². The predicted octanol–water partition coefficient (Wildman–Crippen LogP) is 41.6. The highest BCUT2D eigenvalue weighted by Gasteiger charge is 2.32. The molecule has 0 aliphatic heterocycles. The lowest BCUT2D eigenvalue weighted by molar-refractivity contribution is -0.146. The van der Waals surface area contributed by atoms with Gasteiger partial charge in [-0.05, 0) is 367 Å². The second-order valence-electron chi connectivity index (χ2n) is 49.9. The van der Waals surface area contributed by atoms with Gasteiger partial charge < -0.3 is 4.74 Å². The van der Waals surface area contributed by atoms with Crippen LogP contribution in [0.25, 0.3) is 11.1 Å². The van der Waals surface area contributed by atoms with E-state index in [1.54, 1.807) is 49.7 Å². The third kappa shape index (κ3) is 46.0. The summed E-state index contributed by atoms with van der Waals surface area (Å²) in [4.78, 5) is 11.1. The van der Waals surface area contributed by atoms with Crippen molar-refractivity contribution in [2.45, 2.75) is 477 Å². The summed E-state index contributed by atoms with van der Waals surface area (Å²) >= 11 is 0. The fourth-order valence-corrected chi connectivity index (χ4v) is 25.5. The van der Waals surface area contributed by atoms with Gasteiger partial charge in [-0.25, -0.2) is 0 Å². The highest BCUT2D eigenvalue weighted by atomic mass is 16.5. The molecule has 13 aliphatic rings. The van der Waals surface area contributed by atoms with Crippen LogP contribution in [0.15, 0.2) is 163 Å². The average molecular weight is 1860 g/mol. The zero-order valence-electron chi connectivity index (χ0n) is 92.3. The maximum Gasteiger partial charge on any atom is 0.308 e. The Morgan fingerprint density at radius 3 is 0.919 bits per heavy atom. The molecule has 764 valence electrons. The molecular formula is C134H216O2. The van der Waals surface area contributed by atoms with E-state index in [2.05, 4.69) is 263 Å². The molecule has 5 aromatic carbocycles. The molecular weight excluding hydrogens is 1640 g/mol. The predicted molar refractivity (Wildman–Crippen MR) is 600 cm³/mol. The van der Waals surface area contributed by atoms with Gasteiger partial charge in [0.25, 0.3) is 0 Å². The number of rotatable bonds is 14. The van der Waals surface area contributed by atoms with E-state index in [0.29, 0.717) is 0 Å². The number of hydrogen-bond donors (Lipinski definition) is 0. The quantitative estimate of drug-likeness (QED) is 0.0818. The maximum absolute atomic E-state index is 11.1. The molecule has 0 spiro atoms. The Morgan fingerprint density at radius 2 is 0.588 bits per heavy atom. The van der Waals surface area contributed by atoms with Crippen LogP contribution >= 0.6 is 0 Å². The van der Waals surface area contributed by atoms with Crippen LogP contribution in [0.2, 0.25) is 0 Å². The summed E-state index contributed by atoms with van der Waals surface area (Å²) in [6.07, 6.45) is 88.1. The Bertz CT molecular complexity index is 3810. The maximum atomic E-state index is 11.1. The SMILES string of the molecule is CC1=CCC(C2CCC(C)CC2)CC1.CC1CC=C(C2CCC(C)CC2)CC1.CC1CCC(C2CCC(C)CC2)CC1.CC1CCC(C=CC2CCC(C)CC2)CC1.CC1CCC(CCC2CCC(C)CC2)CC1.COC(=O)C1CCC(C)CC1.Cc1ccc(-c2ccc(C)cc2)cc1.Cc1ccc(C2CCC(C)CC2)cc1.Cc1ccc(CCC2CCC(C)CC2)cc1.Cc1ccccc1.[HH]. The lowest BCUT2D eigenvalue weighted by Crippen LogP contribution is -2.24. The van der Waals surface area contributed by atoms with Crippen LogP contribution in [-0.2, 0) is 16.0 Å². The Labute approximate surface area is 844 Å². The van der Waals surface area contributed by atoms with Crippen LogP contribution in [0.3, 0.4) is 0 Å². The second kappa shape index (κ2) is 64.4. The first-order valence-corrected chi connectivity index (χ1v) is 59.0. The molecule has 0 amide bonds. The minimum Gasteiger partial charge on any atom is -0.469 e. The highest BCUT2D eigenvalue weighted by molar-refractivity contribution is 5.72. The Kier molecular flexibility index (Phi) is 54.2. The van der Waals surface area contributed by atoms with Crippen LogP contribution in [0.5, 0.6) is 0 Å². The van der Waals surface area contributed by atoms with Crippen molar-refractivity contribution in [1.82, 2.24) is 0 Å². The number of esters is 1. The molecule has 0 aromatic heterocycles. The van der Waals surface area contributed by atoms with Gasteiger partial charge in [0.15, 0.2) is 0 Å². The van der Waals surface area contributed by atoms with Gasteiger partial charge in [-0.1, -0.05) is 454 Å². The third-order valence-electron chi connectivity index (χ3n) is 37.1. The zero-order valence-corrected chi connectivity index (χ0v) is 92.3. The molecule has 0 N–H and O–H groups in total. The first-order valence-electron chi connectivity index (χ1n) is 59.0. The van der Waals surface area contributed by atoms with Gasteiger partial charge in [0.05, 0.1) is 13.0 Å². The van der Waals surface area contributed by atoms with Gasteiger partial charge in [0, 0.05) is 1.43 Å². The first kappa shape index (κ1) is 114. The normalized spacial score (nSPS) is 32.3. The molecule has 2 nitrogen and oxygen atoms in total. The number of allylic oxidation sites excluding steroid dienone is 6. The van der Waals surface area contributed by atoms with Crippen LogP contribution in [-0.4, -0.2) is 13.1 Å². The third-order valence-corrected chi connectivity index (χ3v) is 37.1. The van der Waals surface area contributed by atoms with E-state index in [9.17, 15) is 4.79 Å². The molecule has 2 atom stereocenters. The van der Waals surface area contributed by atoms with Crippen molar-refractivity contribution in [3.8, 4) is 11.1 Å². The van der Waals surface area contributed by atoms with E-state index >= 15 is 0 Å². The summed E-state index contributed by atoms with van der Waals surface area (Å²) in [5, 5.41) is 0. The molecule has 2 heteroatoms. The van der Waals surface area contributed by atoms with Gasteiger partial charge in [-0.15, -0.1) is 0 Å². The van der Waals surface area contributed by atoms with E-state index in [0.717, 1.165) is 149 Å². The Balaban J connectivity index is 0.000000188. The standard InChI is InChI=1S/C16H30.C16H28.C16H24.C14H26.2C14H24.C14H20.C14H14.C9H16O2.C7H8.H2/c3*1-13-3-7-15(8-4-13)11-12-16-9-5-14(2)6-10-16;5*1-11-3-7-13(8-4-11)14-9-5-12(2)6-10-14;1-7-3-5-8(6-4-7)9(10)11-2;1-7-5-3-2-4-6-7;/h13-16H,3-12H2,1-2H3;11-16H,3-10H2,1-2H3;3-4,7-8,14,16H,5-6,9-12H2,1-2H3;11-14H,3-10H2,1-2H3;7,11-12,14H,3-6,8-10H2,1-2H3;3,12-14H,4-10H2,1-2H3;3-4,7-8,12,14H,5-6,9-10H2,1-2H3;3-10H,1-2H3;7-8H,3-6H2,1-2H3;2-6H,1H3;1H. The van der Waals surface area contributed by atoms with Crippen LogP contribution in [0.1, 0.15) is 477 Å². The number of ether oxygens (including phenoxy) is 1. The van der Waals surface area contributed by atoms with Crippen LogP contribution in [0.4, 0.5) is 0 Å². The number of carbonyl (C=O) groups excluding carboxylic acids is 1. The lowest BCUT2D eigenvalue weighted by atomic mass is 9.70. The fourth-order valence-electron chi connectivity index (χ4n) is 25.5. The van der Waals surface area contributed by atoms with Crippen molar-refractivity contribution in [1.29, 1.82) is 0 Å². The molecule has 0 heterocycles. The monoisotopic (exact) mass is 1860 g/mol. The number of carbonyl (C=O) groups is 1. The van der Waals surface area contributed by atoms with E-state index in [4.69, 9.17) is 0 Å². The molecule has 0 radical (unpaired) electrons. The first-order chi connectivity index (χ1) is 65.6. The molecule has 136 heavy (non-hydrogen) atoms. The molecule has 11 saturated carbocycles. The molecule has 2 unspecified atom stereocenters. The van der Waals surface area contributed by atoms with Crippen molar-refractivity contribution >= 4 is 5.97 Å². The molecule has 18 rings (SSSR count). The van der Waals surface area contributed by atoms with E-state index in [-0.39, 0.29) is 13.3 Å². The minimum atomic E-state index is -0.0168. The molecule has 0 saturated heterocycles. The Hall–Kier alpha value is -5.21. The summed E-state index contributed by atoms with van der Waals surface area (Å²) in [5.74, 6) is 23.1. The zero-order chi connectivity index (χ0) is 97.4. The second-order valence-corrected chi connectivity index (χ2v) is 49.9. The lowest BCUT2D eigenvalue weighted by Gasteiger charge is -2.36. The average Bonchev–Trinajstić information content (AvgIpc) is 0.871. The van der Waals surface area contributed by atoms with Gasteiger partial charge in [-0.2, -0.15) is 0 Å². The van der Waals surface area contributed by atoms with Crippen LogP contribution in [0, 0.1) is 171 Å². The van der Waals surface area contributed by atoms with E-state index < -0.39 is 0 Å². The van der Waals surface area contributed by atoms with Crippen molar-refractivity contribution in [3.05, 3.63) is 202 Å². The van der Waals surface area contributed by atoms with Crippen molar-refractivity contribution in [3.63, 3.8) is 0 Å². The summed E-state index contributed by atoms with van der Waals surface area (Å²) in [7, 11) is 1.47. The van der Waals surface area contributed by atoms with E-state index in [1.807, 2.05) is 23.8 Å². The molecule has 11 fully saturated rings. The van der Waals surface area contributed by atoms with Crippen molar-refractivity contribution in [2.75, 3.05) is 7.11 Å². The largest absolute Gasteiger partial charge is 0.469 e. The molecule has 0 bridgehead atoms.